The van der Waals surface area contributed by atoms with Crippen molar-refractivity contribution in [1.29, 1.82) is 0 Å². The van der Waals surface area contributed by atoms with Crippen molar-refractivity contribution >= 4 is 28.8 Å². The van der Waals surface area contributed by atoms with Crippen LogP contribution >= 0.6 is 22.9 Å². The van der Waals surface area contributed by atoms with Gasteiger partial charge in [-0.2, -0.15) is 0 Å². The third kappa shape index (κ3) is 3.72. The summed E-state index contributed by atoms with van der Waals surface area (Å²) in [4.78, 5) is 24.6. The highest BCUT2D eigenvalue weighted by Crippen LogP contribution is 2.36. The summed E-state index contributed by atoms with van der Waals surface area (Å²) >= 11 is 7.25. The first-order valence-corrected chi connectivity index (χ1v) is 9.52. The van der Waals surface area contributed by atoms with E-state index < -0.39 is 23.1 Å². The van der Waals surface area contributed by atoms with Crippen molar-refractivity contribution in [1.82, 2.24) is 15.0 Å². The summed E-state index contributed by atoms with van der Waals surface area (Å²) in [6.45, 7) is 0. The van der Waals surface area contributed by atoms with Gasteiger partial charge in [0.2, 0.25) is 5.28 Å². The van der Waals surface area contributed by atoms with Crippen LogP contribution in [0.3, 0.4) is 0 Å². The third-order valence-electron chi connectivity index (χ3n) is 4.18. The summed E-state index contributed by atoms with van der Waals surface area (Å²) in [5.74, 6) is -2.68. The van der Waals surface area contributed by atoms with E-state index in [2.05, 4.69) is 15.0 Å². The molecule has 4 aromatic rings. The number of carbonyl (C=O) groups excluding carboxylic acids is 1. The Kier molecular flexibility index (Phi) is 5.04. The fourth-order valence-electron chi connectivity index (χ4n) is 2.91. The molecule has 4 rings (SSSR count). The predicted octanol–water partition coefficient (Wildman–Crippen LogP) is 4.96. The Balaban J connectivity index is 1.84. The van der Waals surface area contributed by atoms with Gasteiger partial charge in [-0.05, 0) is 41.4 Å². The van der Waals surface area contributed by atoms with Crippen LogP contribution in [0.15, 0.2) is 54.2 Å². The maximum absolute atomic E-state index is 14.7. The van der Waals surface area contributed by atoms with E-state index in [1.807, 2.05) is 0 Å². The van der Waals surface area contributed by atoms with E-state index in [1.165, 1.54) is 17.5 Å². The number of benzene rings is 2. The molecule has 0 fully saturated rings. The maximum atomic E-state index is 14.7. The third-order valence-corrected chi connectivity index (χ3v) is 5.21. The smallest absolute Gasteiger partial charge is 0.251 e. The van der Waals surface area contributed by atoms with Crippen molar-refractivity contribution in [3.63, 3.8) is 0 Å². The van der Waals surface area contributed by atoms with Crippen LogP contribution in [0.4, 0.5) is 8.78 Å². The van der Waals surface area contributed by atoms with E-state index in [-0.39, 0.29) is 10.8 Å². The number of nitrogens with two attached hydrogens (primary N) is 1. The average Bonchev–Trinajstić information content (AvgIpc) is 3.19. The molecular formula is C20H11ClF2N4OS. The molecule has 0 aliphatic rings. The highest BCUT2D eigenvalue weighted by Gasteiger charge is 2.18. The molecule has 9 heteroatoms. The fourth-order valence-corrected chi connectivity index (χ4v) is 3.84. The van der Waals surface area contributed by atoms with Crippen molar-refractivity contribution in [3.05, 3.63) is 76.7 Å². The number of thiazole rings is 1. The van der Waals surface area contributed by atoms with Crippen molar-refractivity contribution in [3.8, 4) is 33.0 Å². The molecular weight excluding hydrogens is 418 g/mol. The number of halogens is 3. The van der Waals surface area contributed by atoms with Crippen LogP contribution in [0.1, 0.15) is 10.4 Å². The van der Waals surface area contributed by atoms with Crippen LogP contribution in [-0.4, -0.2) is 20.9 Å². The van der Waals surface area contributed by atoms with Gasteiger partial charge in [0.25, 0.3) is 5.91 Å². The van der Waals surface area contributed by atoms with Gasteiger partial charge >= 0.3 is 0 Å². The van der Waals surface area contributed by atoms with Gasteiger partial charge in [0, 0.05) is 17.3 Å². The van der Waals surface area contributed by atoms with Gasteiger partial charge in [-0.3, -0.25) is 4.79 Å². The molecule has 2 N–H and O–H groups in total. The lowest BCUT2D eigenvalue weighted by Crippen LogP contribution is -2.14. The van der Waals surface area contributed by atoms with Crippen LogP contribution in [0, 0.1) is 11.6 Å². The lowest BCUT2D eigenvalue weighted by molar-refractivity contribution is 0.0996. The molecule has 2 aromatic carbocycles. The largest absolute Gasteiger partial charge is 0.366 e. The van der Waals surface area contributed by atoms with Crippen LogP contribution < -0.4 is 5.73 Å². The first kappa shape index (κ1) is 19.1. The van der Waals surface area contributed by atoms with Crippen LogP contribution in [0.25, 0.3) is 33.0 Å². The number of hydrogen-bond acceptors (Lipinski definition) is 5. The fraction of sp³-hybridized carbons (Fsp3) is 0. The number of amides is 1. The molecule has 2 aromatic heterocycles. The summed E-state index contributed by atoms with van der Waals surface area (Å²) in [6.07, 6.45) is 1.54. The van der Waals surface area contributed by atoms with Crippen molar-refractivity contribution in [2.45, 2.75) is 0 Å². The highest BCUT2D eigenvalue weighted by molar-refractivity contribution is 7.13. The quantitative estimate of drug-likeness (QED) is 0.465. The normalized spacial score (nSPS) is 10.9. The molecule has 29 heavy (non-hydrogen) atoms. The van der Waals surface area contributed by atoms with E-state index in [9.17, 15) is 13.6 Å². The number of nitrogens with zero attached hydrogens (tertiary/aromatic N) is 3. The predicted molar refractivity (Wildman–Crippen MR) is 107 cm³/mol. The number of hydrogen-bond donors (Lipinski definition) is 1. The standard InChI is InChI=1S/C20H11ClF2N4OS/c21-20-25-5-4-15(27-20)18-17(26-9-29-18)11-3-1-2-10(6-11)13-7-12(22)8-14(16(13)23)19(24)28/h1-9H,(H2,24,28). The monoisotopic (exact) mass is 428 g/mol. The van der Waals surface area contributed by atoms with Crippen LogP contribution in [-0.2, 0) is 0 Å². The molecule has 0 atom stereocenters. The molecule has 0 radical (unpaired) electrons. The topological polar surface area (TPSA) is 81.8 Å². The van der Waals surface area contributed by atoms with Crippen molar-refractivity contribution in [2.75, 3.05) is 0 Å². The summed E-state index contributed by atoms with van der Waals surface area (Å²) in [7, 11) is 0. The Morgan fingerprint density at radius 2 is 1.86 bits per heavy atom. The Labute approximate surface area is 172 Å². The van der Waals surface area contributed by atoms with Crippen LogP contribution in [0.2, 0.25) is 5.28 Å². The van der Waals surface area contributed by atoms with E-state index in [1.54, 1.807) is 35.8 Å². The van der Waals surface area contributed by atoms with Gasteiger partial charge < -0.3 is 5.73 Å². The van der Waals surface area contributed by atoms with Gasteiger partial charge in [0.05, 0.1) is 27.3 Å². The Bertz CT molecular complexity index is 1240. The summed E-state index contributed by atoms with van der Waals surface area (Å²) in [5.41, 5.74) is 8.49. The van der Waals surface area contributed by atoms with E-state index in [0.29, 0.717) is 22.5 Å². The second-order valence-corrected chi connectivity index (χ2v) is 7.19. The van der Waals surface area contributed by atoms with Crippen LogP contribution in [0.5, 0.6) is 0 Å². The van der Waals surface area contributed by atoms with Crippen molar-refractivity contribution in [2.24, 2.45) is 5.73 Å². The molecule has 0 spiro atoms. The zero-order chi connectivity index (χ0) is 20.5. The molecule has 2 heterocycles. The summed E-state index contributed by atoms with van der Waals surface area (Å²) < 4.78 is 28.7. The zero-order valence-corrected chi connectivity index (χ0v) is 16.1. The van der Waals surface area contributed by atoms with Crippen molar-refractivity contribution < 1.29 is 13.6 Å². The summed E-state index contributed by atoms with van der Waals surface area (Å²) in [5, 5.41) is 0.108. The van der Waals surface area contributed by atoms with E-state index in [0.717, 1.165) is 17.0 Å². The minimum atomic E-state index is -1.04. The highest BCUT2D eigenvalue weighted by atomic mass is 35.5. The SMILES string of the molecule is NC(=O)c1cc(F)cc(-c2cccc(-c3ncsc3-c3ccnc(Cl)n3)c2)c1F. The Morgan fingerprint density at radius 3 is 2.62 bits per heavy atom. The van der Waals surface area contributed by atoms with Gasteiger partial charge in [-0.1, -0.05) is 18.2 Å². The number of rotatable bonds is 4. The van der Waals surface area contributed by atoms with Gasteiger partial charge in [0.15, 0.2) is 0 Å². The molecule has 5 nitrogen and oxygen atoms in total. The minimum absolute atomic E-state index is 0.0671. The lowest BCUT2D eigenvalue weighted by atomic mass is 9.98. The first-order valence-electron chi connectivity index (χ1n) is 8.26. The molecule has 0 saturated heterocycles. The second-order valence-electron chi connectivity index (χ2n) is 6.00. The zero-order valence-electron chi connectivity index (χ0n) is 14.6. The Hall–Kier alpha value is -3.23. The van der Waals surface area contributed by atoms with Gasteiger partial charge in [-0.15, -0.1) is 11.3 Å². The summed E-state index contributed by atoms with van der Waals surface area (Å²) in [6, 6.07) is 10.3. The van der Waals surface area contributed by atoms with Gasteiger partial charge in [0.1, 0.15) is 11.6 Å². The van der Waals surface area contributed by atoms with E-state index in [4.69, 9.17) is 17.3 Å². The number of carbonyl (C=O) groups is 1. The van der Waals surface area contributed by atoms with E-state index >= 15 is 0 Å². The minimum Gasteiger partial charge on any atom is -0.366 e. The molecule has 0 unspecified atom stereocenters. The molecule has 144 valence electrons. The molecule has 0 aliphatic carbocycles. The molecule has 0 saturated carbocycles. The maximum Gasteiger partial charge on any atom is 0.251 e. The molecule has 0 aliphatic heterocycles. The average molecular weight is 429 g/mol. The molecule has 1 amide bonds. The first-order chi connectivity index (χ1) is 13.9. The van der Waals surface area contributed by atoms with Gasteiger partial charge in [-0.25, -0.2) is 23.7 Å². The number of primary amides is 1. The lowest BCUT2D eigenvalue weighted by Gasteiger charge is -2.09. The Morgan fingerprint density at radius 1 is 1.07 bits per heavy atom. The second kappa shape index (κ2) is 7.65. The number of aromatic nitrogens is 3. The molecule has 0 bridgehead atoms.